The van der Waals surface area contributed by atoms with Gasteiger partial charge in [0.1, 0.15) is 5.75 Å². The molecule has 0 aliphatic rings. The molecule has 0 atom stereocenters. The fraction of sp³-hybridized carbons (Fsp3) is 0.462. The number of nitrogens with one attached hydrogen (secondary N) is 2. The number of hydrogen-bond acceptors (Lipinski definition) is 4. The van der Waals surface area contributed by atoms with E-state index in [4.69, 9.17) is 9.47 Å². The zero-order valence-electron chi connectivity index (χ0n) is 10.9. The van der Waals surface area contributed by atoms with Crippen molar-refractivity contribution in [2.24, 2.45) is 0 Å². The Kier molecular flexibility index (Phi) is 6.83. The topological polar surface area (TPSA) is 59.6 Å². The van der Waals surface area contributed by atoms with Gasteiger partial charge in [-0.2, -0.15) is 0 Å². The number of hydrogen-bond donors (Lipinski definition) is 2. The predicted octanol–water partition coefficient (Wildman–Crippen LogP) is 1.26. The van der Waals surface area contributed by atoms with E-state index in [0.717, 1.165) is 17.9 Å². The van der Waals surface area contributed by atoms with Crippen molar-refractivity contribution in [2.75, 3.05) is 39.2 Å². The normalized spacial score (nSPS) is 10.1. The first kappa shape index (κ1) is 14.5. The summed E-state index contributed by atoms with van der Waals surface area (Å²) < 4.78 is 10.5. The first-order chi connectivity index (χ1) is 8.76. The number of carbonyl (C=O) groups excluding carboxylic acids is 1. The minimum atomic E-state index is -0.0750. The molecule has 1 aromatic rings. The molecule has 0 fully saturated rings. The molecule has 18 heavy (non-hydrogen) atoms. The van der Waals surface area contributed by atoms with Gasteiger partial charge < -0.3 is 20.1 Å². The quantitative estimate of drug-likeness (QED) is 0.684. The van der Waals surface area contributed by atoms with Gasteiger partial charge in [0.05, 0.1) is 13.2 Å². The van der Waals surface area contributed by atoms with E-state index in [2.05, 4.69) is 10.6 Å². The molecular weight excluding hydrogens is 232 g/mol. The molecule has 0 radical (unpaired) electrons. The summed E-state index contributed by atoms with van der Waals surface area (Å²) >= 11 is 0. The minimum absolute atomic E-state index is 0.0750. The van der Waals surface area contributed by atoms with E-state index in [9.17, 15) is 4.79 Å². The highest BCUT2D eigenvalue weighted by Crippen LogP contribution is 2.17. The first-order valence-corrected chi connectivity index (χ1v) is 5.92. The summed E-state index contributed by atoms with van der Waals surface area (Å²) in [6.45, 7) is 1.57. The van der Waals surface area contributed by atoms with E-state index in [0.29, 0.717) is 19.8 Å². The van der Waals surface area contributed by atoms with Crippen LogP contribution in [0, 0.1) is 0 Å². The number of ether oxygens (including phenoxy) is 2. The largest absolute Gasteiger partial charge is 0.493 e. The molecule has 0 heterocycles. The average Bonchev–Trinajstić information content (AvgIpc) is 2.35. The molecule has 0 aromatic heterocycles. The predicted molar refractivity (Wildman–Crippen MR) is 71.0 cm³/mol. The van der Waals surface area contributed by atoms with Gasteiger partial charge in [-0.25, -0.2) is 0 Å². The highest BCUT2D eigenvalue weighted by atomic mass is 16.5. The minimum Gasteiger partial charge on any atom is -0.493 e. The van der Waals surface area contributed by atoms with Crippen LogP contribution in [0.3, 0.4) is 0 Å². The van der Waals surface area contributed by atoms with E-state index in [1.165, 1.54) is 0 Å². The fourth-order valence-corrected chi connectivity index (χ4v) is 1.42. The van der Waals surface area contributed by atoms with Gasteiger partial charge in [0.15, 0.2) is 0 Å². The number of anilines is 1. The fourth-order valence-electron chi connectivity index (χ4n) is 1.42. The van der Waals surface area contributed by atoms with Crippen LogP contribution in [0.4, 0.5) is 5.69 Å². The van der Waals surface area contributed by atoms with E-state index in [1.807, 2.05) is 18.2 Å². The molecule has 0 aliphatic carbocycles. The summed E-state index contributed by atoms with van der Waals surface area (Å²) in [4.78, 5) is 11.4. The van der Waals surface area contributed by atoms with Gasteiger partial charge in [-0.3, -0.25) is 4.79 Å². The second kappa shape index (κ2) is 8.49. The first-order valence-electron chi connectivity index (χ1n) is 5.92. The van der Waals surface area contributed by atoms with Crippen molar-refractivity contribution in [3.63, 3.8) is 0 Å². The van der Waals surface area contributed by atoms with Gasteiger partial charge in [0, 0.05) is 31.9 Å². The molecule has 0 spiro atoms. The van der Waals surface area contributed by atoms with Crippen molar-refractivity contribution in [3.8, 4) is 5.75 Å². The summed E-state index contributed by atoms with van der Waals surface area (Å²) in [7, 11) is 3.40. The Hall–Kier alpha value is -1.59. The van der Waals surface area contributed by atoms with Crippen LogP contribution < -0.4 is 15.4 Å². The van der Waals surface area contributed by atoms with Gasteiger partial charge in [0.25, 0.3) is 0 Å². The summed E-state index contributed by atoms with van der Waals surface area (Å²) in [5.41, 5.74) is 0.736. The third kappa shape index (κ3) is 5.65. The van der Waals surface area contributed by atoms with Gasteiger partial charge in [0.2, 0.25) is 5.91 Å². The van der Waals surface area contributed by atoms with Crippen molar-refractivity contribution in [3.05, 3.63) is 24.3 Å². The lowest BCUT2D eigenvalue weighted by Crippen LogP contribution is -2.25. The number of methoxy groups -OCH3 is 1. The standard InChI is InChI=1S/C13H20N2O3/c1-14-10-13(16)15-11-5-3-6-12(9-11)18-8-4-7-17-2/h3,5-6,9,14H,4,7-8,10H2,1-2H3,(H,15,16). The third-order valence-electron chi connectivity index (χ3n) is 2.22. The monoisotopic (exact) mass is 252 g/mol. The Morgan fingerprint density at radius 2 is 2.17 bits per heavy atom. The van der Waals surface area contributed by atoms with Crippen LogP contribution in [0.25, 0.3) is 0 Å². The van der Waals surface area contributed by atoms with Crippen molar-refractivity contribution < 1.29 is 14.3 Å². The molecule has 5 nitrogen and oxygen atoms in total. The Labute approximate surface area is 107 Å². The molecule has 100 valence electrons. The van der Waals surface area contributed by atoms with Gasteiger partial charge in [-0.1, -0.05) is 6.07 Å². The Balaban J connectivity index is 2.43. The van der Waals surface area contributed by atoms with Crippen LogP contribution in [0.5, 0.6) is 5.75 Å². The van der Waals surface area contributed by atoms with Gasteiger partial charge in [-0.15, -0.1) is 0 Å². The Bertz CT molecular complexity index is 369. The van der Waals surface area contributed by atoms with Crippen molar-refractivity contribution in [2.45, 2.75) is 6.42 Å². The average molecular weight is 252 g/mol. The zero-order chi connectivity index (χ0) is 13.2. The van der Waals surface area contributed by atoms with Crippen molar-refractivity contribution >= 4 is 11.6 Å². The van der Waals surface area contributed by atoms with Crippen molar-refractivity contribution in [1.82, 2.24) is 5.32 Å². The zero-order valence-corrected chi connectivity index (χ0v) is 10.9. The molecule has 2 N–H and O–H groups in total. The maximum Gasteiger partial charge on any atom is 0.238 e. The van der Waals surface area contributed by atoms with E-state index in [1.54, 1.807) is 20.2 Å². The van der Waals surface area contributed by atoms with Crippen LogP contribution in [0.1, 0.15) is 6.42 Å². The van der Waals surface area contributed by atoms with E-state index < -0.39 is 0 Å². The van der Waals surface area contributed by atoms with Gasteiger partial charge in [-0.05, 0) is 19.2 Å². The lowest BCUT2D eigenvalue weighted by molar-refractivity contribution is -0.115. The summed E-state index contributed by atoms with van der Waals surface area (Å²) in [5, 5.41) is 5.57. The highest BCUT2D eigenvalue weighted by molar-refractivity contribution is 5.92. The summed E-state index contributed by atoms with van der Waals surface area (Å²) in [6.07, 6.45) is 0.840. The van der Waals surface area contributed by atoms with Crippen LogP contribution in [-0.2, 0) is 9.53 Å². The second-order valence-electron chi connectivity index (χ2n) is 3.80. The molecule has 1 amide bonds. The van der Waals surface area contributed by atoms with E-state index in [-0.39, 0.29) is 5.91 Å². The highest BCUT2D eigenvalue weighted by Gasteiger charge is 2.01. The Morgan fingerprint density at radius 1 is 1.33 bits per heavy atom. The number of carbonyl (C=O) groups is 1. The molecule has 1 aromatic carbocycles. The summed E-state index contributed by atoms with van der Waals surface area (Å²) in [6, 6.07) is 7.34. The molecular formula is C13H20N2O3. The lowest BCUT2D eigenvalue weighted by atomic mass is 10.3. The number of likely N-dealkylation sites (N-methyl/N-ethyl adjacent to an activating group) is 1. The van der Waals surface area contributed by atoms with Crippen LogP contribution in [0.15, 0.2) is 24.3 Å². The second-order valence-corrected chi connectivity index (χ2v) is 3.80. The van der Waals surface area contributed by atoms with Crippen LogP contribution in [0.2, 0.25) is 0 Å². The lowest BCUT2D eigenvalue weighted by Gasteiger charge is -2.09. The maximum atomic E-state index is 11.4. The maximum absolute atomic E-state index is 11.4. The number of amides is 1. The molecule has 0 unspecified atom stereocenters. The smallest absolute Gasteiger partial charge is 0.238 e. The van der Waals surface area contributed by atoms with Crippen LogP contribution in [-0.4, -0.2) is 39.8 Å². The molecule has 0 bridgehead atoms. The van der Waals surface area contributed by atoms with Gasteiger partial charge >= 0.3 is 0 Å². The molecule has 1 rings (SSSR count). The summed E-state index contributed by atoms with van der Waals surface area (Å²) in [5.74, 6) is 0.669. The molecule has 0 saturated carbocycles. The third-order valence-corrected chi connectivity index (χ3v) is 2.22. The molecule has 0 aliphatic heterocycles. The van der Waals surface area contributed by atoms with Crippen molar-refractivity contribution in [1.29, 1.82) is 0 Å². The van der Waals surface area contributed by atoms with Crippen LogP contribution >= 0.6 is 0 Å². The number of rotatable bonds is 8. The number of benzene rings is 1. The van der Waals surface area contributed by atoms with E-state index >= 15 is 0 Å². The SMILES string of the molecule is CNCC(=O)Nc1cccc(OCCCOC)c1. The molecule has 0 saturated heterocycles. The molecule has 5 heteroatoms. The Morgan fingerprint density at radius 3 is 2.89 bits per heavy atom.